The lowest BCUT2D eigenvalue weighted by atomic mass is 10.1. The Morgan fingerprint density at radius 2 is 1.80 bits per heavy atom. The third-order valence-corrected chi connectivity index (χ3v) is 2.99. The number of rotatable bonds is 5. The molecule has 1 atom stereocenters. The molecule has 104 valence electrons. The number of hydrogen-bond donors (Lipinski definition) is 2. The highest BCUT2D eigenvalue weighted by Crippen LogP contribution is 2.17. The highest BCUT2D eigenvalue weighted by atomic mass is 16.5. The summed E-state index contributed by atoms with van der Waals surface area (Å²) in [4.78, 5) is 12.1. The number of aliphatic hydroxyl groups excluding tert-OH is 1. The van der Waals surface area contributed by atoms with Crippen molar-refractivity contribution in [1.82, 2.24) is 5.32 Å². The summed E-state index contributed by atoms with van der Waals surface area (Å²) < 4.78 is 5.13. The second kappa shape index (κ2) is 6.73. The number of ether oxygens (including phenoxy) is 1. The van der Waals surface area contributed by atoms with E-state index >= 15 is 0 Å². The molecule has 0 aliphatic carbocycles. The Labute approximate surface area is 118 Å². The first-order valence-electron chi connectivity index (χ1n) is 6.36. The molecule has 0 bridgehead atoms. The van der Waals surface area contributed by atoms with Gasteiger partial charge in [-0.3, -0.25) is 4.79 Å². The number of hydrogen-bond acceptors (Lipinski definition) is 3. The molecule has 2 N–H and O–H groups in total. The van der Waals surface area contributed by atoms with E-state index in [2.05, 4.69) is 5.32 Å². The summed E-state index contributed by atoms with van der Waals surface area (Å²) in [5.41, 5.74) is 1.23. The maximum atomic E-state index is 12.1. The minimum absolute atomic E-state index is 0.154. The first-order valence-corrected chi connectivity index (χ1v) is 6.36. The number of amides is 1. The largest absolute Gasteiger partial charge is 0.496 e. The van der Waals surface area contributed by atoms with E-state index in [0.717, 1.165) is 5.56 Å². The molecule has 2 aromatic rings. The van der Waals surface area contributed by atoms with E-state index in [1.54, 1.807) is 24.3 Å². The van der Waals surface area contributed by atoms with E-state index in [0.29, 0.717) is 11.3 Å². The molecule has 0 aromatic heterocycles. The van der Waals surface area contributed by atoms with Gasteiger partial charge in [0.05, 0.1) is 18.8 Å². The molecule has 1 amide bonds. The maximum absolute atomic E-state index is 12.1. The van der Waals surface area contributed by atoms with Gasteiger partial charge in [-0.1, -0.05) is 42.5 Å². The molecule has 0 aliphatic rings. The predicted octanol–water partition coefficient (Wildman–Crippen LogP) is 2.16. The molecule has 0 aliphatic heterocycles. The molecule has 0 saturated heterocycles. The summed E-state index contributed by atoms with van der Waals surface area (Å²) in [6.45, 7) is 0.154. The fourth-order valence-electron chi connectivity index (χ4n) is 1.91. The number of methoxy groups -OCH3 is 1. The van der Waals surface area contributed by atoms with Gasteiger partial charge >= 0.3 is 0 Å². The van der Waals surface area contributed by atoms with Crippen LogP contribution in [-0.2, 0) is 0 Å². The number of carbonyl (C=O) groups is 1. The van der Waals surface area contributed by atoms with Crippen molar-refractivity contribution in [3.05, 3.63) is 65.7 Å². The van der Waals surface area contributed by atoms with Crippen molar-refractivity contribution < 1.29 is 14.6 Å². The van der Waals surface area contributed by atoms with Gasteiger partial charge in [0.2, 0.25) is 0 Å². The van der Waals surface area contributed by atoms with Crippen LogP contribution in [0.4, 0.5) is 0 Å². The van der Waals surface area contributed by atoms with E-state index in [4.69, 9.17) is 4.74 Å². The molecule has 0 saturated carbocycles. The van der Waals surface area contributed by atoms with Crippen molar-refractivity contribution in [2.45, 2.75) is 6.10 Å². The Balaban J connectivity index is 1.99. The first-order chi connectivity index (χ1) is 9.72. The topological polar surface area (TPSA) is 58.6 Å². The third kappa shape index (κ3) is 3.36. The Hall–Kier alpha value is -2.33. The van der Waals surface area contributed by atoms with Crippen molar-refractivity contribution >= 4 is 5.91 Å². The maximum Gasteiger partial charge on any atom is 0.255 e. The number of benzene rings is 2. The van der Waals surface area contributed by atoms with Crippen LogP contribution in [0.2, 0.25) is 0 Å². The standard InChI is InChI=1S/C16H17NO3/c1-20-15-10-6-5-9-13(15)16(19)17-11-14(18)12-7-3-2-4-8-12/h2-10,14,18H,11H2,1H3,(H,17,19)/t14-/m0/s1. The first kappa shape index (κ1) is 14.1. The van der Waals surface area contributed by atoms with Gasteiger partial charge in [0, 0.05) is 6.54 Å². The SMILES string of the molecule is COc1ccccc1C(=O)NC[C@H](O)c1ccccc1. The monoisotopic (exact) mass is 271 g/mol. The summed E-state index contributed by atoms with van der Waals surface area (Å²) in [6.07, 6.45) is -0.727. The Kier molecular flexibility index (Phi) is 4.74. The number of nitrogens with one attached hydrogen (secondary N) is 1. The fourth-order valence-corrected chi connectivity index (χ4v) is 1.91. The van der Waals surface area contributed by atoms with Gasteiger partial charge in [0.1, 0.15) is 5.75 Å². The van der Waals surface area contributed by atoms with Gasteiger partial charge < -0.3 is 15.2 Å². The lowest BCUT2D eigenvalue weighted by Gasteiger charge is -2.13. The van der Waals surface area contributed by atoms with Crippen LogP contribution in [0.3, 0.4) is 0 Å². The lowest BCUT2D eigenvalue weighted by molar-refractivity contribution is 0.0913. The molecule has 20 heavy (non-hydrogen) atoms. The minimum Gasteiger partial charge on any atom is -0.496 e. The van der Waals surface area contributed by atoms with Crippen molar-refractivity contribution in [2.24, 2.45) is 0 Å². The second-order valence-corrected chi connectivity index (χ2v) is 4.34. The average Bonchev–Trinajstić information content (AvgIpc) is 2.53. The minimum atomic E-state index is -0.727. The smallest absolute Gasteiger partial charge is 0.255 e. The van der Waals surface area contributed by atoms with Gasteiger partial charge in [0.25, 0.3) is 5.91 Å². The molecule has 0 heterocycles. The van der Waals surface area contributed by atoms with Gasteiger partial charge in [-0.05, 0) is 17.7 Å². The van der Waals surface area contributed by atoms with Crippen LogP contribution in [0.5, 0.6) is 5.75 Å². The zero-order chi connectivity index (χ0) is 14.4. The van der Waals surface area contributed by atoms with Crippen LogP contribution in [0.1, 0.15) is 22.0 Å². The highest BCUT2D eigenvalue weighted by molar-refractivity contribution is 5.96. The molecule has 0 unspecified atom stereocenters. The second-order valence-electron chi connectivity index (χ2n) is 4.34. The molecule has 0 fully saturated rings. The Morgan fingerprint density at radius 1 is 1.15 bits per heavy atom. The summed E-state index contributed by atoms with van der Waals surface area (Å²) in [5, 5.41) is 12.7. The summed E-state index contributed by atoms with van der Waals surface area (Å²) >= 11 is 0. The Morgan fingerprint density at radius 3 is 2.50 bits per heavy atom. The van der Waals surface area contributed by atoms with Crippen LogP contribution >= 0.6 is 0 Å². The van der Waals surface area contributed by atoms with Crippen molar-refractivity contribution in [2.75, 3.05) is 13.7 Å². The van der Waals surface area contributed by atoms with Crippen molar-refractivity contribution in [3.63, 3.8) is 0 Å². The van der Waals surface area contributed by atoms with Crippen LogP contribution < -0.4 is 10.1 Å². The molecule has 4 nitrogen and oxygen atoms in total. The van der Waals surface area contributed by atoms with Crippen molar-refractivity contribution in [1.29, 1.82) is 0 Å². The number of para-hydroxylation sites is 1. The average molecular weight is 271 g/mol. The van der Waals surface area contributed by atoms with Crippen LogP contribution in [0.25, 0.3) is 0 Å². The molecule has 2 rings (SSSR count). The van der Waals surface area contributed by atoms with Gasteiger partial charge in [-0.25, -0.2) is 0 Å². The van der Waals surface area contributed by atoms with E-state index in [-0.39, 0.29) is 12.5 Å². The summed E-state index contributed by atoms with van der Waals surface area (Å²) in [6, 6.07) is 16.2. The molecular weight excluding hydrogens is 254 g/mol. The normalized spacial score (nSPS) is 11.7. The highest BCUT2D eigenvalue weighted by Gasteiger charge is 2.13. The number of aliphatic hydroxyl groups is 1. The van der Waals surface area contributed by atoms with E-state index in [1.165, 1.54) is 7.11 Å². The summed E-state index contributed by atoms with van der Waals surface area (Å²) in [5.74, 6) is 0.247. The van der Waals surface area contributed by atoms with E-state index < -0.39 is 6.10 Å². The third-order valence-electron chi connectivity index (χ3n) is 2.99. The van der Waals surface area contributed by atoms with Crippen LogP contribution in [0.15, 0.2) is 54.6 Å². The van der Waals surface area contributed by atoms with Crippen LogP contribution in [0, 0.1) is 0 Å². The molecule has 0 radical (unpaired) electrons. The van der Waals surface area contributed by atoms with Gasteiger partial charge in [-0.2, -0.15) is 0 Å². The van der Waals surface area contributed by atoms with Gasteiger partial charge in [0.15, 0.2) is 0 Å². The predicted molar refractivity (Wildman–Crippen MR) is 76.7 cm³/mol. The van der Waals surface area contributed by atoms with Crippen molar-refractivity contribution in [3.8, 4) is 5.75 Å². The zero-order valence-corrected chi connectivity index (χ0v) is 11.2. The zero-order valence-electron chi connectivity index (χ0n) is 11.2. The molecular formula is C16H17NO3. The van der Waals surface area contributed by atoms with E-state index in [9.17, 15) is 9.90 Å². The summed E-state index contributed by atoms with van der Waals surface area (Å²) in [7, 11) is 1.52. The Bertz CT molecular complexity index is 569. The number of carbonyl (C=O) groups excluding carboxylic acids is 1. The lowest BCUT2D eigenvalue weighted by Crippen LogP contribution is -2.28. The van der Waals surface area contributed by atoms with Gasteiger partial charge in [-0.15, -0.1) is 0 Å². The fraction of sp³-hybridized carbons (Fsp3) is 0.188. The van der Waals surface area contributed by atoms with E-state index in [1.807, 2.05) is 30.3 Å². The molecule has 4 heteroatoms. The quantitative estimate of drug-likeness (QED) is 0.876. The van der Waals surface area contributed by atoms with Crippen LogP contribution in [-0.4, -0.2) is 24.7 Å². The molecule has 0 spiro atoms. The molecule has 2 aromatic carbocycles.